The van der Waals surface area contributed by atoms with Gasteiger partial charge in [0.25, 0.3) is 0 Å². The first-order valence-electron chi connectivity index (χ1n) is 13.9. The van der Waals surface area contributed by atoms with Crippen LogP contribution >= 0.6 is 11.6 Å². The molecule has 3 amide bonds. The van der Waals surface area contributed by atoms with E-state index in [1.54, 1.807) is 7.05 Å². The zero-order chi connectivity index (χ0) is 31.6. The molecule has 2 aromatic carbocycles. The number of carbonyl (C=O) groups excluding carboxylic acids is 3. The fourth-order valence-corrected chi connectivity index (χ4v) is 5.33. The molecular weight excluding hydrogens is 577 g/mol. The van der Waals surface area contributed by atoms with E-state index in [-0.39, 0.29) is 21.7 Å². The molecular formula is C31H41ClFN3O5Si. The van der Waals surface area contributed by atoms with E-state index in [2.05, 4.69) is 44.2 Å². The van der Waals surface area contributed by atoms with E-state index in [0.717, 1.165) is 22.8 Å². The smallest absolute Gasteiger partial charge is 0.410 e. The third-order valence-corrected chi connectivity index (χ3v) is 12.3. The summed E-state index contributed by atoms with van der Waals surface area (Å²) in [6.45, 7) is 16.9. The summed E-state index contributed by atoms with van der Waals surface area (Å²) in [6, 6.07) is 9.45. The van der Waals surface area contributed by atoms with Crippen molar-refractivity contribution in [2.45, 2.75) is 78.2 Å². The average molecular weight is 618 g/mol. The Labute approximate surface area is 253 Å². The molecule has 0 saturated heterocycles. The molecule has 11 heteroatoms. The summed E-state index contributed by atoms with van der Waals surface area (Å²) in [5.41, 5.74) is 2.55. The SMILES string of the molecule is CN(Cc1ccc2c(c1)C[C@H](CO[Si](C)(C)C(C)(C)C)/C2=N\C(=O)C(=O)Nc1ccc(Cl)c(F)c1)C(=O)OC(C)(C)C. The molecule has 1 N–H and O–H groups in total. The number of hydrogen-bond donors (Lipinski definition) is 1. The lowest BCUT2D eigenvalue weighted by atomic mass is 10.0. The molecule has 0 bridgehead atoms. The number of nitrogens with one attached hydrogen (secondary N) is 1. The van der Waals surface area contributed by atoms with Gasteiger partial charge in [0.05, 0.1) is 10.7 Å². The number of aliphatic imine (C=N–C) groups is 1. The van der Waals surface area contributed by atoms with Gasteiger partial charge in [-0.2, -0.15) is 0 Å². The normalized spacial score (nSPS) is 16.3. The first-order valence-corrected chi connectivity index (χ1v) is 17.2. The van der Waals surface area contributed by atoms with Crippen LogP contribution in [-0.4, -0.2) is 56.1 Å². The van der Waals surface area contributed by atoms with Gasteiger partial charge in [-0.3, -0.25) is 9.59 Å². The summed E-state index contributed by atoms with van der Waals surface area (Å²) >= 11 is 5.72. The lowest BCUT2D eigenvalue weighted by Gasteiger charge is -2.37. The number of fused-ring (bicyclic) bond motifs is 1. The maximum absolute atomic E-state index is 13.8. The van der Waals surface area contributed by atoms with Crippen LogP contribution in [0.1, 0.15) is 58.2 Å². The summed E-state index contributed by atoms with van der Waals surface area (Å²) in [4.78, 5) is 43.9. The van der Waals surface area contributed by atoms with Gasteiger partial charge < -0.3 is 19.4 Å². The highest BCUT2D eigenvalue weighted by Crippen LogP contribution is 2.38. The molecule has 1 atom stereocenters. The highest BCUT2D eigenvalue weighted by Gasteiger charge is 2.39. The Hall–Kier alpha value is -3.08. The lowest BCUT2D eigenvalue weighted by molar-refractivity contribution is -0.134. The van der Waals surface area contributed by atoms with Crippen molar-refractivity contribution < 1.29 is 27.9 Å². The van der Waals surface area contributed by atoms with E-state index in [1.807, 2.05) is 39.0 Å². The van der Waals surface area contributed by atoms with E-state index < -0.39 is 37.6 Å². The summed E-state index contributed by atoms with van der Waals surface area (Å²) in [7, 11) is -0.442. The second-order valence-corrected chi connectivity index (χ2v) is 18.4. The number of halogens is 2. The molecule has 0 saturated carbocycles. The Morgan fingerprint density at radius 1 is 1.10 bits per heavy atom. The average Bonchev–Trinajstić information content (AvgIpc) is 3.19. The first-order chi connectivity index (χ1) is 19.3. The predicted molar refractivity (Wildman–Crippen MR) is 166 cm³/mol. The summed E-state index contributed by atoms with van der Waals surface area (Å²) in [6.07, 6.45) is 0.132. The van der Waals surface area contributed by atoms with E-state index in [4.69, 9.17) is 20.8 Å². The van der Waals surface area contributed by atoms with Crippen molar-refractivity contribution in [1.29, 1.82) is 0 Å². The molecule has 42 heavy (non-hydrogen) atoms. The molecule has 3 rings (SSSR count). The predicted octanol–water partition coefficient (Wildman–Crippen LogP) is 6.99. The minimum Gasteiger partial charge on any atom is -0.444 e. The quantitative estimate of drug-likeness (QED) is 0.278. The summed E-state index contributed by atoms with van der Waals surface area (Å²) < 4.78 is 25.8. The number of ether oxygens (including phenoxy) is 1. The molecule has 228 valence electrons. The monoisotopic (exact) mass is 617 g/mol. The highest BCUT2D eigenvalue weighted by atomic mass is 35.5. The topological polar surface area (TPSA) is 97.3 Å². The van der Waals surface area contributed by atoms with Crippen molar-refractivity contribution in [2.24, 2.45) is 10.9 Å². The molecule has 0 fully saturated rings. The fourth-order valence-electron chi connectivity index (χ4n) is 4.16. The molecule has 0 heterocycles. The van der Waals surface area contributed by atoms with E-state index >= 15 is 0 Å². The van der Waals surface area contributed by atoms with Crippen molar-refractivity contribution in [3.63, 3.8) is 0 Å². The molecule has 0 unspecified atom stereocenters. The van der Waals surface area contributed by atoms with Crippen LogP contribution in [0, 0.1) is 11.7 Å². The molecule has 1 aliphatic carbocycles. The van der Waals surface area contributed by atoms with Gasteiger partial charge in [-0.05, 0) is 80.2 Å². The first kappa shape index (κ1) is 33.4. The number of benzene rings is 2. The van der Waals surface area contributed by atoms with Gasteiger partial charge in [0, 0.05) is 31.8 Å². The Kier molecular flexibility index (Phi) is 10.1. The molecule has 1 aliphatic rings. The van der Waals surface area contributed by atoms with Crippen LogP contribution in [0.4, 0.5) is 14.9 Å². The maximum Gasteiger partial charge on any atom is 0.410 e. The van der Waals surface area contributed by atoms with Gasteiger partial charge in [0.2, 0.25) is 0 Å². The van der Waals surface area contributed by atoms with Crippen LogP contribution in [-0.2, 0) is 31.7 Å². The minimum atomic E-state index is -2.12. The van der Waals surface area contributed by atoms with Gasteiger partial charge in [0.15, 0.2) is 8.32 Å². The molecule has 0 aromatic heterocycles. The van der Waals surface area contributed by atoms with Crippen molar-refractivity contribution >= 4 is 49.2 Å². The molecule has 0 aliphatic heterocycles. The Bertz CT molecular complexity index is 1400. The number of anilines is 1. The van der Waals surface area contributed by atoms with Gasteiger partial charge in [-0.1, -0.05) is 50.6 Å². The number of amides is 3. The van der Waals surface area contributed by atoms with Crippen LogP contribution in [0.3, 0.4) is 0 Å². The van der Waals surface area contributed by atoms with Gasteiger partial charge in [-0.25, -0.2) is 14.2 Å². The van der Waals surface area contributed by atoms with Crippen LogP contribution in [0.2, 0.25) is 23.2 Å². The summed E-state index contributed by atoms with van der Waals surface area (Å²) in [5.74, 6) is -2.96. The zero-order valence-electron chi connectivity index (χ0n) is 25.9. The van der Waals surface area contributed by atoms with Crippen molar-refractivity contribution in [1.82, 2.24) is 4.90 Å². The van der Waals surface area contributed by atoms with Crippen LogP contribution < -0.4 is 5.32 Å². The zero-order valence-corrected chi connectivity index (χ0v) is 27.6. The second-order valence-electron chi connectivity index (χ2n) is 13.2. The molecule has 0 radical (unpaired) electrons. The number of carbonyl (C=O) groups is 3. The number of rotatable bonds is 6. The summed E-state index contributed by atoms with van der Waals surface area (Å²) in [5, 5.41) is 2.28. The van der Waals surface area contributed by atoms with Crippen molar-refractivity contribution in [3.8, 4) is 0 Å². The molecule has 0 spiro atoms. The third kappa shape index (κ3) is 8.49. The van der Waals surface area contributed by atoms with E-state index in [1.165, 1.54) is 17.0 Å². The van der Waals surface area contributed by atoms with Crippen LogP contribution in [0.15, 0.2) is 41.4 Å². The van der Waals surface area contributed by atoms with Gasteiger partial charge >= 0.3 is 17.9 Å². The maximum atomic E-state index is 13.8. The number of hydrogen-bond acceptors (Lipinski definition) is 5. The fraction of sp³-hybridized carbons (Fsp3) is 0.484. The van der Waals surface area contributed by atoms with Crippen molar-refractivity contribution in [2.75, 3.05) is 19.0 Å². The van der Waals surface area contributed by atoms with Crippen LogP contribution in [0.25, 0.3) is 0 Å². The Balaban J connectivity index is 1.88. The largest absolute Gasteiger partial charge is 0.444 e. The lowest BCUT2D eigenvalue weighted by Crippen LogP contribution is -2.42. The number of nitrogens with zero attached hydrogens (tertiary/aromatic N) is 2. The van der Waals surface area contributed by atoms with Crippen LogP contribution in [0.5, 0.6) is 0 Å². The second kappa shape index (κ2) is 12.6. The molecule has 8 nitrogen and oxygen atoms in total. The van der Waals surface area contributed by atoms with E-state index in [0.29, 0.717) is 25.3 Å². The van der Waals surface area contributed by atoms with E-state index in [9.17, 15) is 18.8 Å². The van der Waals surface area contributed by atoms with Crippen molar-refractivity contribution in [3.05, 3.63) is 63.9 Å². The standard InChI is InChI=1S/C31H41ClFN3O5Si/c1-30(2,3)41-29(39)36(7)17-19-10-12-23-20(14-19)15-21(18-40-42(8,9)31(4,5)6)26(23)35-28(38)27(37)34-22-11-13-24(32)25(33)16-22/h10-14,16,21H,15,17-18H2,1-9H3,(H,34,37)/b35-26+/t21-/m1/s1. The molecule has 2 aromatic rings. The Morgan fingerprint density at radius 2 is 1.76 bits per heavy atom. The van der Waals surface area contributed by atoms with Gasteiger partial charge in [0.1, 0.15) is 11.4 Å². The minimum absolute atomic E-state index is 0.0151. The van der Waals surface area contributed by atoms with Gasteiger partial charge in [-0.15, -0.1) is 0 Å². The Morgan fingerprint density at radius 3 is 2.36 bits per heavy atom. The highest BCUT2D eigenvalue weighted by molar-refractivity contribution is 6.74. The third-order valence-electron chi connectivity index (χ3n) is 7.47.